The number of nitrogens with zero attached hydrogens (tertiary/aromatic N) is 1. The van der Waals surface area contributed by atoms with E-state index in [1.54, 1.807) is 6.07 Å². The lowest BCUT2D eigenvalue weighted by Gasteiger charge is -2.21. The van der Waals surface area contributed by atoms with E-state index in [1.807, 2.05) is 13.1 Å². The van der Waals surface area contributed by atoms with E-state index in [2.05, 4.69) is 27.8 Å². The van der Waals surface area contributed by atoms with Gasteiger partial charge in [-0.3, -0.25) is 0 Å². The van der Waals surface area contributed by atoms with Gasteiger partial charge in [0.25, 0.3) is 0 Å². The third-order valence-corrected chi connectivity index (χ3v) is 3.67. The number of hydrogen-bond donors (Lipinski definition) is 1. The van der Waals surface area contributed by atoms with Gasteiger partial charge in [-0.1, -0.05) is 22.9 Å². The van der Waals surface area contributed by atoms with Crippen LogP contribution in [0.1, 0.15) is 18.9 Å². The first-order valence-corrected chi connectivity index (χ1v) is 7.09. The van der Waals surface area contributed by atoms with E-state index in [0.717, 1.165) is 29.5 Å². The molecule has 1 aromatic carbocycles. The fourth-order valence-corrected chi connectivity index (χ4v) is 2.30. The number of aliphatic hydroxyl groups excluding tert-OH is 1. The molecular weight excluding hydrogens is 297 g/mol. The fourth-order valence-electron chi connectivity index (χ4n) is 1.89. The number of rotatable bonds is 7. The highest BCUT2D eigenvalue weighted by Crippen LogP contribution is 2.16. The van der Waals surface area contributed by atoms with E-state index >= 15 is 0 Å². The topological polar surface area (TPSA) is 23.5 Å². The van der Waals surface area contributed by atoms with Gasteiger partial charge in [-0.25, -0.2) is 4.39 Å². The molecule has 1 atom stereocenters. The van der Waals surface area contributed by atoms with Crippen LogP contribution < -0.4 is 0 Å². The van der Waals surface area contributed by atoms with Crippen molar-refractivity contribution < 1.29 is 9.50 Å². The first kappa shape index (κ1) is 15.6. The monoisotopic (exact) mass is 317 g/mol. The van der Waals surface area contributed by atoms with Crippen molar-refractivity contribution in [2.75, 3.05) is 26.7 Å². The van der Waals surface area contributed by atoms with Gasteiger partial charge in [-0.05, 0) is 49.6 Å². The van der Waals surface area contributed by atoms with E-state index in [1.165, 1.54) is 6.07 Å². The highest BCUT2D eigenvalue weighted by atomic mass is 79.9. The zero-order valence-corrected chi connectivity index (χ0v) is 12.6. The van der Waals surface area contributed by atoms with Gasteiger partial charge in [0.15, 0.2) is 0 Å². The van der Waals surface area contributed by atoms with Crippen molar-refractivity contribution in [1.29, 1.82) is 0 Å². The largest absolute Gasteiger partial charge is 0.396 e. The highest BCUT2D eigenvalue weighted by molar-refractivity contribution is 9.10. The highest BCUT2D eigenvalue weighted by Gasteiger charge is 2.09. The van der Waals surface area contributed by atoms with Crippen molar-refractivity contribution in [2.45, 2.75) is 19.8 Å². The second kappa shape index (κ2) is 7.87. The Kier molecular flexibility index (Phi) is 6.82. The van der Waals surface area contributed by atoms with Gasteiger partial charge in [0.05, 0.1) is 0 Å². The normalized spacial score (nSPS) is 13.0. The molecule has 2 nitrogen and oxygen atoms in total. The first-order chi connectivity index (χ1) is 8.56. The van der Waals surface area contributed by atoms with Crippen molar-refractivity contribution in [2.24, 2.45) is 5.92 Å². The van der Waals surface area contributed by atoms with Crippen LogP contribution in [-0.4, -0.2) is 36.8 Å². The standard InChI is InChI=1S/C14H21BrFNO/c1-3-11(10-18)9-17(2)7-6-12-8-13(15)4-5-14(12)16/h4-5,8,11,18H,3,6-7,9-10H2,1-2H3. The van der Waals surface area contributed by atoms with Gasteiger partial charge < -0.3 is 10.0 Å². The molecule has 0 aliphatic heterocycles. The predicted octanol–water partition coefficient (Wildman–Crippen LogP) is 3.08. The SMILES string of the molecule is CCC(CO)CN(C)CCc1cc(Br)ccc1F. The van der Waals surface area contributed by atoms with Gasteiger partial charge in [-0.15, -0.1) is 0 Å². The molecule has 18 heavy (non-hydrogen) atoms. The van der Waals surface area contributed by atoms with Crippen molar-refractivity contribution >= 4 is 15.9 Å². The predicted molar refractivity (Wildman–Crippen MR) is 76.2 cm³/mol. The van der Waals surface area contributed by atoms with E-state index < -0.39 is 0 Å². The minimum Gasteiger partial charge on any atom is -0.396 e. The molecule has 0 aromatic heterocycles. The van der Waals surface area contributed by atoms with Gasteiger partial charge >= 0.3 is 0 Å². The van der Waals surface area contributed by atoms with E-state index in [9.17, 15) is 4.39 Å². The molecular formula is C14H21BrFNO. The lowest BCUT2D eigenvalue weighted by atomic mass is 10.1. The summed E-state index contributed by atoms with van der Waals surface area (Å²) in [7, 11) is 2.01. The van der Waals surface area contributed by atoms with Crippen LogP contribution in [0.25, 0.3) is 0 Å². The minimum absolute atomic E-state index is 0.152. The molecule has 0 radical (unpaired) electrons. The molecule has 0 aliphatic rings. The van der Waals surface area contributed by atoms with Gasteiger partial charge in [-0.2, -0.15) is 0 Å². The number of likely N-dealkylation sites (N-methyl/N-ethyl adjacent to an activating group) is 1. The van der Waals surface area contributed by atoms with E-state index in [-0.39, 0.29) is 12.4 Å². The van der Waals surface area contributed by atoms with E-state index in [0.29, 0.717) is 12.3 Å². The third kappa shape index (κ3) is 5.04. The molecule has 0 amide bonds. The van der Waals surface area contributed by atoms with Crippen molar-refractivity contribution in [3.05, 3.63) is 34.1 Å². The summed E-state index contributed by atoms with van der Waals surface area (Å²) in [6.07, 6.45) is 1.65. The molecule has 0 saturated carbocycles. The smallest absolute Gasteiger partial charge is 0.126 e. The van der Waals surface area contributed by atoms with Gasteiger partial charge in [0.2, 0.25) is 0 Å². The molecule has 0 saturated heterocycles. The average Bonchev–Trinajstić information content (AvgIpc) is 2.37. The molecule has 102 valence electrons. The minimum atomic E-state index is -0.152. The van der Waals surface area contributed by atoms with Crippen LogP contribution in [0.3, 0.4) is 0 Å². The third-order valence-electron chi connectivity index (χ3n) is 3.18. The summed E-state index contributed by atoms with van der Waals surface area (Å²) in [4.78, 5) is 2.14. The van der Waals surface area contributed by atoms with Crippen LogP contribution in [0, 0.1) is 11.7 Å². The molecule has 1 aromatic rings. The number of aliphatic hydroxyl groups is 1. The van der Waals surface area contributed by atoms with E-state index in [4.69, 9.17) is 5.11 Å². The summed E-state index contributed by atoms with van der Waals surface area (Å²) in [5, 5.41) is 9.15. The Hall–Kier alpha value is -0.450. The second-order valence-electron chi connectivity index (χ2n) is 4.70. The van der Waals surface area contributed by atoms with Crippen molar-refractivity contribution in [3.63, 3.8) is 0 Å². The Bertz CT molecular complexity index is 369. The number of hydrogen-bond acceptors (Lipinski definition) is 2. The molecule has 1 N–H and O–H groups in total. The Balaban J connectivity index is 2.46. The van der Waals surface area contributed by atoms with Crippen LogP contribution in [0.15, 0.2) is 22.7 Å². The lowest BCUT2D eigenvalue weighted by Crippen LogP contribution is -2.29. The number of benzene rings is 1. The summed E-state index contributed by atoms with van der Waals surface area (Å²) in [5.74, 6) is 0.156. The van der Waals surface area contributed by atoms with Gasteiger partial charge in [0, 0.05) is 24.2 Å². The number of halogens is 2. The average molecular weight is 318 g/mol. The van der Waals surface area contributed by atoms with Crippen LogP contribution in [0.2, 0.25) is 0 Å². The quantitative estimate of drug-likeness (QED) is 0.835. The van der Waals surface area contributed by atoms with Gasteiger partial charge in [0.1, 0.15) is 5.82 Å². The Morgan fingerprint density at radius 3 is 2.78 bits per heavy atom. The fraction of sp³-hybridized carbons (Fsp3) is 0.571. The van der Waals surface area contributed by atoms with Crippen LogP contribution in [0.5, 0.6) is 0 Å². The summed E-state index contributed by atoms with van der Waals surface area (Å²) in [5.41, 5.74) is 0.730. The van der Waals surface area contributed by atoms with Crippen molar-refractivity contribution in [3.8, 4) is 0 Å². The molecule has 4 heteroatoms. The zero-order valence-electron chi connectivity index (χ0n) is 11.0. The van der Waals surface area contributed by atoms with Crippen LogP contribution in [-0.2, 0) is 6.42 Å². The summed E-state index contributed by atoms with van der Waals surface area (Å²) >= 11 is 3.35. The summed E-state index contributed by atoms with van der Waals surface area (Å²) in [6.45, 7) is 3.93. The molecule has 1 rings (SSSR count). The maximum absolute atomic E-state index is 13.5. The maximum Gasteiger partial charge on any atom is 0.126 e. The molecule has 0 heterocycles. The summed E-state index contributed by atoms with van der Waals surface area (Å²) < 4.78 is 14.4. The Morgan fingerprint density at radius 1 is 1.44 bits per heavy atom. The molecule has 1 unspecified atom stereocenters. The Morgan fingerprint density at radius 2 is 2.17 bits per heavy atom. The zero-order chi connectivity index (χ0) is 13.5. The summed E-state index contributed by atoms with van der Waals surface area (Å²) in [6, 6.07) is 5.02. The molecule has 0 bridgehead atoms. The van der Waals surface area contributed by atoms with Crippen LogP contribution >= 0.6 is 15.9 Å². The van der Waals surface area contributed by atoms with Crippen LogP contribution in [0.4, 0.5) is 4.39 Å². The molecule has 0 aliphatic carbocycles. The molecule has 0 fully saturated rings. The molecule has 0 spiro atoms. The second-order valence-corrected chi connectivity index (χ2v) is 5.62. The first-order valence-electron chi connectivity index (χ1n) is 6.30. The lowest BCUT2D eigenvalue weighted by molar-refractivity contribution is 0.177. The Labute approximate surface area is 117 Å². The maximum atomic E-state index is 13.5. The van der Waals surface area contributed by atoms with Crippen molar-refractivity contribution in [1.82, 2.24) is 4.90 Å².